The van der Waals surface area contributed by atoms with Crippen molar-refractivity contribution < 1.29 is 9.90 Å². The van der Waals surface area contributed by atoms with Crippen molar-refractivity contribution in [1.29, 1.82) is 0 Å². The van der Waals surface area contributed by atoms with Crippen LogP contribution in [0.1, 0.15) is 32.4 Å². The van der Waals surface area contributed by atoms with E-state index in [9.17, 15) is 9.90 Å². The van der Waals surface area contributed by atoms with Gasteiger partial charge in [0.15, 0.2) is 0 Å². The van der Waals surface area contributed by atoms with Crippen molar-refractivity contribution in [2.24, 2.45) is 0 Å². The van der Waals surface area contributed by atoms with Gasteiger partial charge in [0.05, 0.1) is 11.6 Å². The van der Waals surface area contributed by atoms with Crippen LogP contribution < -0.4 is 10.6 Å². The number of anilines is 1. The summed E-state index contributed by atoms with van der Waals surface area (Å²) in [6, 6.07) is 11.5. The second kappa shape index (κ2) is 8.38. The minimum absolute atomic E-state index is 0.0603. The summed E-state index contributed by atoms with van der Waals surface area (Å²) in [7, 11) is 0. The van der Waals surface area contributed by atoms with Gasteiger partial charge >= 0.3 is 6.03 Å². The van der Waals surface area contributed by atoms with Crippen LogP contribution in [-0.2, 0) is 5.41 Å². The third-order valence-corrected chi connectivity index (χ3v) is 6.58. The molecule has 0 unspecified atom stereocenters. The highest BCUT2D eigenvalue weighted by Gasteiger charge is 2.45. The van der Waals surface area contributed by atoms with Crippen molar-refractivity contribution in [1.82, 2.24) is 10.3 Å². The summed E-state index contributed by atoms with van der Waals surface area (Å²) in [4.78, 5) is 17.4. The molecule has 0 saturated heterocycles. The highest BCUT2D eigenvalue weighted by molar-refractivity contribution is 7.14. The minimum atomic E-state index is -0.253. The summed E-state index contributed by atoms with van der Waals surface area (Å²) >= 11 is 8.14. The second-order valence-electron chi connectivity index (χ2n) is 8.02. The van der Waals surface area contributed by atoms with E-state index < -0.39 is 0 Å². The molecular weight excluding hydrogens is 418 g/mol. The lowest BCUT2D eigenvalue weighted by Gasteiger charge is -2.12. The Bertz CT molecular complexity index is 1080. The van der Waals surface area contributed by atoms with Gasteiger partial charge in [-0.25, -0.2) is 4.79 Å². The lowest BCUT2D eigenvalue weighted by Crippen LogP contribution is -2.34. The summed E-state index contributed by atoms with van der Waals surface area (Å²) in [5.74, 6) is 0. The number of carbonyl (C=O) groups is 1. The average molecular weight is 442 g/mol. The Balaban J connectivity index is 1.54. The van der Waals surface area contributed by atoms with Crippen molar-refractivity contribution >= 4 is 34.7 Å². The molecule has 0 atom stereocenters. The van der Waals surface area contributed by atoms with E-state index in [1.54, 1.807) is 17.4 Å². The van der Waals surface area contributed by atoms with Crippen LogP contribution in [0.3, 0.4) is 0 Å². The van der Waals surface area contributed by atoms with Crippen LogP contribution >= 0.6 is 22.9 Å². The lowest BCUT2D eigenvalue weighted by atomic mass is 9.99. The number of hydrogen-bond donors (Lipinski definition) is 3. The molecule has 1 fully saturated rings. The number of amides is 2. The number of nitrogens with one attached hydrogen (secondary N) is 2. The predicted octanol–water partition coefficient (Wildman–Crippen LogP) is 5.68. The number of pyridine rings is 1. The van der Waals surface area contributed by atoms with Crippen LogP contribution in [0.25, 0.3) is 21.6 Å². The molecule has 30 heavy (non-hydrogen) atoms. The first kappa shape index (κ1) is 20.8. The molecule has 0 radical (unpaired) electrons. The number of aliphatic hydroxyl groups is 1. The molecule has 1 saturated carbocycles. The van der Waals surface area contributed by atoms with Gasteiger partial charge in [-0.05, 0) is 79.6 Å². The SMILES string of the molecule is CC(C)NC(=O)Nc1ccc(-c2cc(-c3ccnc(C4(CO)CC4)c3)cs2)c(Cl)c1. The van der Waals surface area contributed by atoms with Gasteiger partial charge in [0.2, 0.25) is 0 Å². The average Bonchev–Trinajstić information content (AvgIpc) is 3.37. The molecule has 2 heterocycles. The number of benzene rings is 1. The van der Waals surface area contributed by atoms with E-state index in [2.05, 4.69) is 33.1 Å². The standard InChI is InChI=1S/C23H24ClN3O2S/c1-14(2)26-22(29)27-17-3-4-18(19(24)11-17)20-9-16(12-30-20)15-5-8-25-21(10-15)23(13-28)6-7-23/h3-5,8-12,14,28H,6-7,13H2,1-2H3,(H2,26,27,29). The minimum Gasteiger partial charge on any atom is -0.395 e. The van der Waals surface area contributed by atoms with Crippen molar-refractivity contribution in [2.45, 2.75) is 38.1 Å². The Morgan fingerprint density at radius 3 is 2.70 bits per heavy atom. The monoisotopic (exact) mass is 441 g/mol. The van der Waals surface area contributed by atoms with Crippen LogP contribution in [0, 0.1) is 0 Å². The first-order chi connectivity index (χ1) is 14.4. The number of rotatable bonds is 6. The number of aromatic nitrogens is 1. The van der Waals surface area contributed by atoms with E-state index in [1.165, 1.54) is 0 Å². The molecule has 2 aromatic heterocycles. The smallest absolute Gasteiger partial charge is 0.319 e. The molecule has 1 aromatic carbocycles. The molecule has 156 valence electrons. The molecule has 0 spiro atoms. The first-order valence-electron chi connectivity index (χ1n) is 9.94. The molecule has 1 aliphatic rings. The van der Waals surface area contributed by atoms with E-state index in [0.717, 1.165) is 40.1 Å². The lowest BCUT2D eigenvalue weighted by molar-refractivity contribution is 0.250. The predicted molar refractivity (Wildman–Crippen MR) is 123 cm³/mol. The normalized spacial score (nSPS) is 14.6. The zero-order valence-electron chi connectivity index (χ0n) is 16.9. The topological polar surface area (TPSA) is 74.2 Å². The van der Waals surface area contributed by atoms with Gasteiger partial charge in [0.25, 0.3) is 0 Å². The van der Waals surface area contributed by atoms with Gasteiger partial charge in [-0.3, -0.25) is 4.98 Å². The maximum atomic E-state index is 11.9. The van der Waals surface area contributed by atoms with Crippen LogP contribution in [0.5, 0.6) is 0 Å². The third kappa shape index (κ3) is 4.36. The number of thiophene rings is 1. The molecule has 2 amide bonds. The van der Waals surface area contributed by atoms with Crippen molar-refractivity contribution in [3.8, 4) is 21.6 Å². The summed E-state index contributed by atoms with van der Waals surface area (Å²) in [6.07, 6.45) is 3.79. The highest BCUT2D eigenvalue weighted by atomic mass is 35.5. The Labute approximate surface area is 185 Å². The summed E-state index contributed by atoms with van der Waals surface area (Å²) in [5, 5.41) is 18.0. The van der Waals surface area contributed by atoms with E-state index >= 15 is 0 Å². The number of nitrogens with zero attached hydrogens (tertiary/aromatic N) is 1. The van der Waals surface area contributed by atoms with Crippen LogP contribution in [-0.4, -0.2) is 28.8 Å². The summed E-state index contributed by atoms with van der Waals surface area (Å²) in [6.45, 7) is 3.96. The van der Waals surface area contributed by atoms with Gasteiger partial charge in [-0.2, -0.15) is 0 Å². The van der Waals surface area contributed by atoms with Crippen molar-refractivity contribution in [2.75, 3.05) is 11.9 Å². The molecule has 3 aromatic rings. The van der Waals surface area contributed by atoms with Crippen LogP contribution in [0.15, 0.2) is 48.0 Å². The fourth-order valence-corrected chi connectivity index (χ4v) is 4.69. The summed E-state index contributed by atoms with van der Waals surface area (Å²) in [5.41, 5.74) is 4.57. The summed E-state index contributed by atoms with van der Waals surface area (Å²) < 4.78 is 0. The number of urea groups is 1. The molecule has 7 heteroatoms. The van der Waals surface area contributed by atoms with E-state index in [4.69, 9.17) is 11.6 Å². The maximum Gasteiger partial charge on any atom is 0.319 e. The highest BCUT2D eigenvalue weighted by Crippen LogP contribution is 2.47. The first-order valence-corrected chi connectivity index (χ1v) is 11.2. The third-order valence-electron chi connectivity index (χ3n) is 5.30. The zero-order chi connectivity index (χ0) is 21.3. The van der Waals surface area contributed by atoms with Gasteiger partial charge in [0, 0.05) is 39.5 Å². The molecule has 5 nitrogen and oxygen atoms in total. The largest absolute Gasteiger partial charge is 0.395 e. The molecule has 0 aliphatic heterocycles. The van der Waals surface area contributed by atoms with E-state index in [0.29, 0.717) is 10.7 Å². The molecular formula is C23H24ClN3O2S. The van der Waals surface area contributed by atoms with Gasteiger partial charge in [0.1, 0.15) is 0 Å². The second-order valence-corrected chi connectivity index (χ2v) is 9.33. The fourth-order valence-electron chi connectivity index (χ4n) is 3.40. The quantitative estimate of drug-likeness (QED) is 0.460. The Hall–Kier alpha value is -2.41. The van der Waals surface area contributed by atoms with Crippen LogP contribution in [0.2, 0.25) is 5.02 Å². The van der Waals surface area contributed by atoms with E-state index in [1.807, 2.05) is 38.2 Å². The Morgan fingerprint density at radius 2 is 2.03 bits per heavy atom. The van der Waals surface area contributed by atoms with Gasteiger partial charge in [-0.1, -0.05) is 11.6 Å². The van der Waals surface area contributed by atoms with E-state index in [-0.39, 0.29) is 24.1 Å². The number of halogens is 1. The van der Waals surface area contributed by atoms with Crippen molar-refractivity contribution in [3.05, 3.63) is 58.7 Å². The molecule has 1 aliphatic carbocycles. The van der Waals surface area contributed by atoms with Gasteiger partial charge < -0.3 is 15.7 Å². The molecule has 0 bridgehead atoms. The Morgan fingerprint density at radius 1 is 1.23 bits per heavy atom. The molecule has 3 N–H and O–H groups in total. The maximum absolute atomic E-state index is 11.9. The van der Waals surface area contributed by atoms with Gasteiger partial charge in [-0.15, -0.1) is 11.3 Å². The molecule has 4 rings (SSSR count). The van der Waals surface area contributed by atoms with Crippen LogP contribution in [0.4, 0.5) is 10.5 Å². The zero-order valence-corrected chi connectivity index (χ0v) is 18.5. The number of hydrogen-bond acceptors (Lipinski definition) is 4. The van der Waals surface area contributed by atoms with Crippen molar-refractivity contribution in [3.63, 3.8) is 0 Å². The number of carbonyl (C=O) groups excluding carboxylic acids is 1. The fraction of sp³-hybridized carbons (Fsp3) is 0.304. The number of aliphatic hydroxyl groups excluding tert-OH is 1. The Kier molecular flexibility index (Phi) is 5.82.